The summed E-state index contributed by atoms with van der Waals surface area (Å²) in [4.78, 5) is 8.43. The van der Waals surface area contributed by atoms with E-state index in [1.165, 1.54) is 18.2 Å². The molecule has 1 aliphatic heterocycles. The summed E-state index contributed by atoms with van der Waals surface area (Å²) in [6, 6.07) is 9.83. The standard InChI is InChI=1S/C23H24F2N4O2S/c1-26-32(2)14-15-9-17-12-18(10-15)30-7-3-4-8-31-21-11-16(24)5-6-19(21)22-20(25)13-27-23(28-17)29-22/h5-6,9-13H,3-4,7-8,14H2,1-2H3,(H,27,28,29). The monoisotopic (exact) mass is 458 g/mol. The molecule has 4 bridgehead atoms. The van der Waals surface area contributed by atoms with Crippen LogP contribution in [0.15, 0.2) is 47.0 Å². The summed E-state index contributed by atoms with van der Waals surface area (Å²) in [5.41, 5.74) is 2.21. The molecule has 9 heteroatoms. The highest BCUT2D eigenvalue weighted by Crippen LogP contribution is 2.33. The number of fused-ring (bicyclic) bond motifs is 6. The van der Waals surface area contributed by atoms with Crippen LogP contribution in [0.1, 0.15) is 18.4 Å². The molecule has 1 aliphatic rings. The maximum absolute atomic E-state index is 14.7. The van der Waals surface area contributed by atoms with Gasteiger partial charge in [0.25, 0.3) is 0 Å². The van der Waals surface area contributed by atoms with Gasteiger partial charge in [0.05, 0.1) is 19.4 Å². The Kier molecular flexibility index (Phi) is 6.94. The van der Waals surface area contributed by atoms with E-state index in [9.17, 15) is 8.78 Å². The summed E-state index contributed by atoms with van der Waals surface area (Å²) in [6.45, 7) is 0.858. The highest BCUT2D eigenvalue weighted by Gasteiger charge is 2.16. The molecule has 0 saturated carbocycles. The van der Waals surface area contributed by atoms with Gasteiger partial charge in [-0.2, -0.15) is 0 Å². The molecular formula is C23H24F2N4O2S. The van der Waals surface area contributed by atoms with Crippen LogP contribution in [0.25, 0.3) is 11.3 Å². The molecule has 3 aromatic rings. The van der Waals surface area contributed by atoms with Crippen molar-refractivity contribution in [3.63, 3.8) is 0 Å². The summed E-state index contributed by atoms with van der Waals surface area (Å²) >= 11 is 0. The maximum Gasteiger partial charge on any atom is 0.227 e. The van der Waals surface area contributed by atoms with E-state index in [2.05, 4.69) is 25.9 Å². The summed E-state index contributed by atoms with van der Waals surface area (Å²) in [6.07, 6.45) is 4.62. The van der Waals surface area contributed by atoms with Crippen LogP contribution in [0, 0.1) is 11.6 Å². The van der Waals surface area contributed by atoms with E-state index in [1.54, 1.807) is 0 Å². The number of aromatic nitrogens is 2. The van der Waals surface area contributed by atoms with Gasteiger partial charge in [-0.3, -0.25) is 4.36 Å². The van der Waals surface area contributed by atoms with Crippen LogP contribution in [0.5, 0.6) is 11.5 Å². The lowest BCUT2D eigenvalue weighted by atomic mass is 10.1. The minimum atomic E-state index is -0.617. The zero-order valence-corrected chi connectivity index (χ0v) is 18.7. The lowest BCUT2D eigenvalue weighted by Crippen LogP contribution is -2.04. The van der Waals surface area contributed by atoms with Gasteiger partial charge < -0.3 is 14.8 Å². The molecule has 2 heterocycles. The Morgan fingerprint density at radius 1 is 1.09 bits per heavy atom. The lowest BCUT2D eigenvalue weighted by molar-refractivity contribution is 0.266. The third-order valence-electron chi connectivity index (χ3n) is 4.92. The Morgan fingerprint density at radius 2 is 1.91 bits per heavy atom. The Morgan fingerprint density at radius 3 is 2.72 bits per heavy atom. The average molecular weight is 459 g/mol. The number of benzene rings is 2. The van der Waals surface area contributed by atoms with Crippen molar-refractivity contribution < 1.29 is 18.3 Å². The first-order valence-electron chi connectivity index (χ1n) is 10.2. The fraction of sp³-hybridized carbons (Fsp3) is 0.304. The third-order valence-corrected chi connectivity index (χ3v) is 6.29. The van der Waals surface area contributed by atoms with Crippen LogP contribution in [0.3, 0.4) is 0 Å². The molecule has 0 amide bonds. The minimum absolute atomic E-state index is 0.0416. The largest absolute Gasteiger partial charge is 0.494 e. The molecule has 1 aromatic heterocycles. The summed E-state index contributed by atoms with van der Waals surface area (Å²) < 4.78 is 44.6. The van der Waals surface area contributed by atoms with E-state index in [0.717, 1.165) is 35.4 Å². The molecule has 0 radical (unpaired) electrons. The van der Waals surface area contributed by atoms with E-state index in [1.807, 2.05) is 25.2 Å². The van der Waals surface area contributed by atoms with Gasteiger partial charge in [-0.15, -0.1) is 10.7 Å². The van der Waals surface area contributed by atoms with E-state index in [-0.39, 0.29) is 28.1 Å². The number of ether oxygens (including phenoxy) is 2. The first-order chi connectivity index (χ1) is 15.5. The van der Waals surface area contributed by atoms with Crippen LogP contribution in [0.4, 0.5) is 20.4 Å². The van der Waals surface area contributed by atoms with Crippen LogP contribution in [-0.4, -0.2) is 36.5 Å². The van der Waals surface area contributed by atoms with E-state index < -0.39 is 11.6 Å². The van der Waals surface area contributed by atoms with Crippen LogP contribution < -0.4 is 14.8 Å². The molecule has 168 valence electrons. The fourth-order valence-corrected chi connectivity index (χ4v) is 4.12. The van der Waals surface area contributed by atoms with Crippen molar-refractivity contribution in [3.8, 4) is 22.8 Å². The molecule has 1 atom stereocenters. The van der Waals surface area contributed by atoms with Gasteiger partial charge in [0.15, 0.2) is 5.82 Å². The molecule has 32 heavy (non-hydrogen) atoms. The summed E-state index contributed by atoms with van der Waals surface area (Å²) in [5.74, 6) is 0.881. The SMILES string of the molecule is CN=S(C)Cc1cc2cc(c1)OCCCCOc1cc(F)ccc1-c1nc(ncc1F)N2. The Hall–Kier alpha value is -3.07. The number of hydrogen-bond acceptors (Lipinski definition) is 6. The summed E-state index contributed by atoms with van der Waals surface area (Å²) in [7, 11) is 1.70. The molecule has 0 fully saturated rings. The van der Waals surface area contributed by atoms with Gasteiger partial charge in [-0.25, -0.2) is 18.7 Å². The molecule has 1 N–H and O–H groups in total. The number of nitrogens with zero attached hydrogens (tertiary/aromatic N) is 3. The van der Waals surface area contributed by atoms with Crippen molar-refractivity contribution in [2.45, 2.75) is 18.6 Å². The Labute approximate surface area is 188 Å². The predicted octanol–water partition coefficient (Wildman–Crippen LogP) is 5.28. The molecular weight excluding hydrogens is 434 g/mol. The predicted molar refractivity (Wildman–Crippen MR) is 123 cm³/mol. The summed E-state index contributed by atoms with van der Waals surface area (Å²) in [5, 5.41) is 3.14. The van der Waals surface area contributed by atoms with Crippen molar-refractivity contribution in [1.82, 2.24) is 9.97 Å². The number of anilines is 2. The molecule has 2 aromatic carbocycles. The van der Waals surface area contributed by atoms with Crippen molar-refractivity contribution in [2.24, 2.45) is 4.36 Å². The second-order valence-corrected chi connectivity index (χ2v) is 9.21. The van der Waals surface area contributed by atoms with Gasteiger partial charge in [0, 0.05) is 36.2 Å². The van der Waals surface area contributed by atoms with Crippen molar-refractivity contribution in [2.75, 3.05) is 31.8 Å². The normalized spacial score (nSPS) is 14.8. The molecule has 0 spiro atoms. The average Bonchev–Trinajstić information content (AvgIpc) is 2.77. The van der Waals surface area contributed by atoms with Crippen LogP contribution >= 0.6 is 0 Å². The highest BCUT2D eigenvalue weighted by molar-refractivity contribution is 7.85. The molecule has 6 nitrogen and oxygen atoms in total. The molecule has 1 unspecified atom stereocenters. The smallest absolute Gasteiger partial charge is 0.227 e. The van der Waals surface area contributed by atoms with Crippen molar-refractivity contribution in [1.29, 1.82) is 0 Å². The van der Waals surface area contributed by atoms with Crippen molar-refractivity contribution in [3.05, 3.63) is 59.8 Å². The number of nitrogens with one attached hydrogen (secondary N) is 1. The van der Waals surface area contributed by atoms with Gasteiger partial charge in [-0.1, -0.05) is 0 Å². The molecule has 0 aliphatic carbocycles. The van der Waals surface area contributed by atoms with Crippen LogP contribution in [0.2, 0.25) is 0 Å². The van der Waals surface area contributed by atoms with Crippen molar-refractivity contribution >= 4 is 22.3 Å². The van der Waals surface area contributed by atoms with E-state index in [0.29, 0.717) is 25.2 Å². The fourth-order valence-electron chi connectivity index (χ4n) is 3.34. The number of rotatable bonds is 2. The van der Waals surface area contributed by atoms with Gasteiger partial charge in [-0.05, 0) is 48.9 Å². The topological polar surface area (TPSA) is 68.6 Å². The zero-order chi connectivity index (χ0) is 22.5. The Balaban J connectivity index is 1.77. The lowest BCUT2D eigenvalue weighted by Gasteiger charge is -2.13. The number of halogens is 2. The van der Waals surface area contributed by atoms with Gasteiger partial charge in [0.1, 0.15) is 23.0 Å². The van der Waals surface area contributed by atoms with Gasteiger partial charge in [0.2, 0.25) is 5.95 Å². The maximum atomic E-state index is 14.7. The second kappa shape index (κ2) is 10.0. The van der Waals surface area contributed by atoms with E-state index >= 15 is 0 Å². The first kappa shape index (κ1) is 22.1. The third kappa shape index (κ3) is 5.40. The van der Waals surface area contributed by atoms with Gasteiger partial charge >= 0.3 is 0 Å². The number of hydrogen-bond donors (Lipinski definition) is 1. The molecule has 0 saturated heterocycles. The second-order valence-electron chi connectivity index (χ2n) is 7.35. The zero-order valence-electron chi connectivity index (χ0n) is 17.9. The molecule has 4 rings (SSSR count). The first-order valence-corrected chi connectivity index (χ1v) is 12.0. The minimum Gasteiger partial charge on any atom is -0.494 e. The highest BCUT2D eigenvalue weighted by atomic mass is 32.2. The quantitative estimate of drug-likeness (QED) is 0.566. The Bertz CT molecular complexity index is 1160. The van der Waals surface area contributed by atoms with Crippen LogP contribution in [-0.2, 0) is 16.4 Å². The van der Waals surface area contributed by atoms with E-state index in [4.69, 9.17) is 9.47 Å².